The van der Waals surface area contributed by atoms with Crippen LogP contribution in [0.5, 0.6) is 0 Å². The van der Waals surface area contributed by atoms with Crippen LogP contribution < -0.4 is 0 Å². The first-order valence-electron chi connectivity index (χ1n) is 3.14. The van der Waals surface area contributed by atoms with E-state index < -0.39 is 25.0 Å². The van der Waals surface area contributed by atoms with Crippen LogP contribution in [0.25, 0.3) is 0 Å². The molecule has 0 aliphatic rings. The van der Waals surface area contributed by atoms with Crippen molar-refractivity contribution < 1.29 is 34.4 Å². The molecule has 0 heterocycles. The first-order chi connectivity index (χ1) is 5.90. The summed E-state index contributed by atoms with van der Waals surface area (Å²) in [5.74, 6) is -1.98. The molecule has 13 heavy (non-hydrogen) atoms. The van der Waals surface area contributed by atoms with Crippen LogP contribution in [0.1, 0.15) is 6.92 Å². The molecule has 0 spiro atoms. The van der Waals surface area contributed by atoms with Crippen LogP contribution in [0.4, 0.5) is 0 Å². The van der Waals surface area contributed by atoms with E-state index in [1.807, 2.05) is 0 Å². The van der Waals surface area contributed by atoms with Crippen LogP contribution in [0.15, 0.2) is 0 Å². The average molecular weight is 196 g/mol. The molecule has 1 unspecified atom stereocenters. The average Bonchev–Trinajstić information content (AvgIpc) is 1.99. The smallest absolute Gasteiger partial charge is 0.329 e. The second kappa shape index (κ2) is 8.91. The van der Waals surface area contributed by atoms with Gasteiger partial charge in [-0.2, -0.15) is 0 Å². The van der Waals surface area contributed by atoms with E-state index in [1.165, 1.54) is 7.11 Å². The molecule has 0 fully saturated rings. The van der Waals surface area contributed by atoms with Gasteiger partial charge in [0.15, 0.2) is 0 Å². The highest BCUT2D eigenvalue weighted by atomic mass is 16.8. The number of aliphatic carboxylic acids is 2. The Balaban J connectivity index is 0. The highest BCUT2D eigenvalue weighted by molar-refractivity contribution is 5.67. The molecule has 78 valence electrons. The van der Waals surface area contributed by atoms with Crippen molar-refractivity contribution >= 4 is 11.9 Å². The molecule has 0 saturated heterocycles. The topological polar surface area (TPSA) is 113 Å². The van der Waals surface area contributed by atoms with Crippen molar-refractivity contribution in [2.45, 2.75) is 13.4 Å². The van der Waals surface area contributed by atoms with E-state index in [9.17, 15) is 4.79 Å². The largest absolute Gasteiger partial charge is 0.481 e. The van der Waals surface area contributed by atoms with E-state index in [1.54, 1.807) is 0 Å². The number of hydrogen-bond acceptors (Lipinski definition) is 5. The summed E-state index contributed by atoms with van der Waals surface area (Å²) in [4.78, 5) is 18.7. The lowest BCUT2D eigenvalue weighted by molar-refractivity contribution is -0.250. The van der Waals surface area contributed by atoms with Gasteiger partial charge in [0.05, 0.1) is 0 Å². The Morgan fingerprint density at radius 1 is 1.38 bits per heavy atom. The zero-order valence-corrected chi connectivity index (χ0v) is 7.26. The molecule has 7 nitrogen and oxygen atoms in total. The van der Waals surface area contributed by atoms with Crippen molar-refractivity contribution in [3.8, 4) is 0 Å². The minimum Gasteiger partial charge on any atom is -0.481 e. The summed E-state index contributed by atoms with van der Waals surface area (Å²) in [5, 5.41) is 23.8. The molecule has 0 aromatic carbocycles. The molecule has 0 aromatic heterocycles. The fourth-order valence-corrected chi connectivity index (χ4v) is 0.211. The Kier molecular flexibility index (Phi) is 9.84. The Bertz CT molecular complexity index is 151. The lowest BCUT2D eigenvalue weighted by Crippen LogP contribution is -2.18. The molecular weight excluding hydrogens is 184 g/mol. The van der Waals surface area contributed by atoms with Crippen molar-refractivity contribution in [1.82, 2.24) is 0 Å². The molecule has 0 amide bonds. The minimum atomic E-state index is -1.44. The van der Waals surface area contributed by atoms with Crippen LogP contribution in [0.2, 0.25) is 0 Å². The van der Waals surface area contributed by atoms with Crippen molar-refractivity contribution in [3.63, 3.8) is 0 Å². The Morgan fingerprint density at radius 3 is 2.00 bits per heavy atom. The van der Waals surface area contributed by atoms with Crippen molar-refractivity contribution in [1.29, 1.82) is 0 Å². The van der Waals surface area contributed by atoms with Gasteiger partial charge in [-0.1, -0.05) is 0 Å². The zero-order valence-electron chi connectivity index (χ0n) is 7.26. The number of hydrogen-bond donors (Lipinski definition) is 3. The number of carboxylic acids is 2. The second-order valence-electron chi connectivity index (χ2n) is 1.77. The lowest BCUT2D eigenvalue weighted by atomic mass is 10.7. The van der Waals surface area contributed by atoms with E-state index in [4.69, 9.17) is 20.1 Å². The maximum Gasteiger partial charge on any atom is 0.329 e. The summed E-state index contributed by atoms with van der Waals surface area (Å²) >= 11 is 0. The van der Waals surface area contributed by atoms with Crippen LogP contribution >= 0.6 is 0 Å². The van der Waals surface area contributed by atoms with Gasteiger partial charge in [0.25, 0.3) is 12.4 Å². The van der Waals surface area contributed by atoms with Crippen LogP contribution in [0.3, 0.4) is 0 Å². The van der Waals surface area contributed by atoms with Gasteiger partial charge < -0.3 is 24.8 Å². The zero-order chi connectivity index (χ0) is 10.9. The molecule has 1 atom stereocenters. The second-order valence-corrected chi connectivity index (χ2v) is 1.77. The van der Waals surface area contributed by atoms with Crippen molar-refractivity contribution in [2.75, 3.05) is 13.7 Å². The molecule has 7 heteroatoms. The Labute approximate surface area is 74.5 Å². The van der Waals surface area contributed by atoms with Crippen molar-refractivity contribution in [2.24, 2.45) is 0 Å². The predicted molar refractivity (Wildman–Crippen MR) is 39.9 cm³/mol. The molecule has 0 rings (SSSR count). The molecule has 0 aliphatic carbocycles. The molecule has 0 aromatic rings. The minimum absolute atomic E-state index is 0.561. The molecule has 0 bridgehead atoms. The molecule has 0 radical (unpaired) electrons. The first-order valence-corrected chi connectivity index (χ1v) is 3.14. The highest BCUT2D eigenvalue weighted by Crippen LogP contribution is 1.84. The molecular formula is C6H12O7. The monoisotopic (exact) mass is 196 g/mol. The predicted octanol–water partition coefficient (Wildman–Crippen LogP) is -0.899. The summed E-state index contributed by atoms with van der Waals surface area (Å²) in [7, 11) is 1.20. The van der Waals surface area contributed by atoms with Crippen LogP contribution in [-0.4, -0.2) is 47.5 Å². The van der Waals surface area contributed by atoms with Crippen LogP contribution in [0, 0.1) is 0 Å². The van der Waals surface area contributed by atoms with Gasteiger partial charge >= 0.3 is 5.97 Å². The number of rotatable bonds is 4. The number of aliphatic hydroxyl groups excluding tert-OH is 1. The molecule has 0 aliphatic heterocycles. The van der Waals surface area contributed by atoms with Gasteiger partial charge in [0.2, 0.25) is 0 Å². The highest BCUT2D eigenvalue weighted by Gasteiger charge is 2.02. The summed E-state index contributed by atoms with van der Waals surface area (Å²) in [6, 6.07) is 0. The first kappa shape index (κ1) is 14.3. The fourth-order valence-electron chi connectivity index (χ4n) is 0.211. The summed E-state index contributed by atoms with van der Waals surface area (Å²) in [6.07, 6.45) is 0. The third-order valence-corrected chi connectivity index (χ3v) is 0.551. The summed E-state index contributed by atoms with van der Waals surface area (Å²) in [6.45, 7) is -0.921. The van der Waals surface area contributed by atoms with E-state index in [0.29, 0.717) is 0 Å². The van der Waals surface area contributed by atoms with Gasteiger partial charge in [0.1, 0.15) is 6.61 Å². The van der Waals surface area contributed by atoms with E-state index in [2.05, 4.69) is 9.47 Å². The van der Waals surface area contributed by atoms with Gasteiger partial charge in [0, 0.05) is 14.0 Å². The van der Waals surface area contributed by atoms with Gasteiger partial charge in [-0.05, 0) is 0 Å². The molecule has 0 saturated carbocycles. The maximum atomic E-state index is 9.73. The van der Waals surface area contributed by atoms with Gasteiger partial charge in [-0.15, -0.1) is 0 Å². The van der Waals surface area contributed by atoms with E-state index >= 15 is 0 Å². The fraction of sp³-hybridized carbons (Fsp3) is 0.667. The van der Waals surface area contributed by atoms with E-state index in [-0.39, 0.29) is 0 Å². The number of carboxylic acid groups (broad SMARTS) is 2. The SMILES string of the molecule is CC(=O)O.COC(O)OCC(=O)O. The third-order valence-electron chi connectivity index (χ3n) is 0.551. The normalized spacial score (nSPS) is 11.0. The quantitative estimate of drug-likeness (QED) is 0.499. The van der Waals surface area contributed by atoms with Gasteiger partial charge in [-0.25, -0.2) is 4.79 Å². The Hall–Kier alpha value is -1.18. The molecule has 3 N–H and O–H groups in total. The Morgan fingerprint density at radius 2 is 1.77 bits per heavy atom. The number of carbonyl (C=O) groups is 2. The van der Waals surface area contributed by atoms with Crippen molar-refractivity contribution in [3.05, 3.63) is 0 Å². The standard InChI is InChI=1S/C4H8O5.C2H4O2/c1-8-4(7)9-2-3(5)6;1-2(3)4/h4,7H,2H2,1H3,(H,5,6);1H3,(H,3,4). The summed E-state index contributed by atoms with van der Waals surface area (Å²) in [5.41, 5.74) is 0. The van der Waals surface area contributed by atoms with E-state index in [0.717, 1.165) is 6.92 Å². The number of ether oxygens (including phenoxy) is 2. The number of methoxy groups -OCH3 is 1. The maximum absolute atomic E-state index is 9.73. The lowest BCUT2D eigenvalue weighted by Gasteiger charge is -2.05. The number of aliphatic hydroxyl groups is 1. The third kappa shape index (κ3) is 24.8. The summed E-state index contributed by atoms with van der Waals surface area (Å²) < 4.78 is 8.36. The van der Waals surface area contributed by atoms with Crippen LogP contribution in [-0.2, 0) is 19.1 Å². The van der Waals surface area contributed by atoms with Gasteiger partial charge in [-0.3, -0.25) is 4.79 Å².